The summed E-state index contributed by atoms with van der Waals surface area (Å²) in [6, 6.07) is 8.19. The van der Waals surface area contributed by atoms with Gasteiger partial charge in [-0.05, 0) is 30.5 Å². The van der Waals surface area contributed by atoms with Crippen molar-refractivity contribution >= 4 is 0 Å². The molecule has 1 aromatic rings. The van der Waals surface area contributed by atoms with Gasteiger partial charge in [0.1, 0.15) is 5.75 Å². The summed E-state index contributed by atoms with van der Waals surface area (Å²) < 4.78 is 11.1. The Labute approximate surface area is 103 Å². The van der Waals surface area contributed by atoms with Crippen molar-refractivity contribution in [2.45, 2.75) is 44.4 Å². The van der Waals surface area contributed by atoms with Crippen molar-refractivity contribution in [3.63, 3.8) is 0 Å². The average Bonchev–Trinajstić information content (AvgIpc) is 2.38. The van der Waals surface area contributed by atoms with Crippen molar-refractivity contribution in [2.75, 3.05) is 7.11 Å². The molecule has 2 N–H and O–H groups in total. The van der Waals surface area contributed by atoms with Crippen LogP contribution in [0, 0.1) is 0 Å². The van der Waals surface area contributed by atoms with E-state index in [-0.39, 0.29) is 12.1 Å². The molecule has 1 aromatic carbocycles. The van der Waals surface area contributed by atoms with Gasteiger partial charge in [0, 0.05) is 6.04 Å². The van der Waals surface area contributed by atoms with E-state index in [9.17, 15) is 0 Å². The van der Waals surface area contributed by atoms with E-state index in [1.807, 2.05) is 18.2 Å². The van der Waals surface area contributed by atoms with Crippen molar-refractivity contribution in [3.05, 3.63) is 29.8 Å². The molecule has 0 heterocycles. The van der Waals surface area contributed by atoms with Gasteiger partial charge in [-0.1, -0.05) is 25.0 Å². The summed E-state index contributed by atoms with van der Waals surface area (Å²) in [6.45, 7) is 0.621. The van der Waals surface area contributed by atoms with Gasteiger partial charge in [-0.3, -0.25) is 0 Å². The van der Waals surface area contributed by atoms with E-state index in [0.717, 1.165) is 24.2 Å². The van der Waals surface area contributed by atoms with Gasteiger partial charge in [0.2, 0.25) is 0 Å². The number of benzene rings is 1. The lowest BCUT2D eigenvalue weighted by Gasteiger charge is -2.28. The molecule has 0 saturated heterocycles. The van der Waals surface area contributed by atoms with Crippen molar-refractivity contribution in [1.29, 1.82) is 0 Å². The van der Waals surface area contributed by atoms with E-state index < -0.39 is 0 Å². The largest absolute Gasteiger partial charge is 0.497 e. The number of rotatable bonds is 4. The molecule has 0 aliphatic heterocycles. The molecule has 0 amide bonds. The predicted octanol–water partition coefficient (Wildman–Crippen LogP) is 2.48. The minimum Gasteiger partial charge on any atom is -0.497 e. The smallest absolute Gasteiger partial charge is 0.119 e. The van der Waals surface area contributed by atoms with Gasteiger partial charge in [-0.15, -0.1) is 0 Å². The molecule has 0 radical (unpaired) electrons. The van der Waals surface area contributed by atoms with E-state index in [4.69, 9.17) is 15.2 Å². The van der Waals surface area contributed by atoms with E-state index >= 15 is 0 Å². The summed E-state index contributed by atoms with van der Waals surface area (Å²) in [4.78, 5) is 0. The van der Waals surface area contributed by atoms with Crippen molar-refractivity contribution in [1.82, 2.24) is 0 Å². The Hall–Kier alpha value is -1.06. The molecule has 2 rings (SSSR count). The maximum absolute atomic E-state index is 6.05. The molecule has 3 heteroatoms. The van der Waals surface area contributed by atoms with Gasteiger partial charge < -0.3 is 15.2 Å². The summed E-state index contributed by atoms with van der Waals surface area (Å²) in [5.74, 6) is 0.874. The van der Waals surface area contributed by atoms with Crippen LogP contribution in [0.1, 0.15) is 31.2 Å². The van der Waals surface area contributed by atoms with Crippen LogP contribution >= 0.6 is 0 Å². The molecule has 94 valence electrons. The first-order valence-corrected chi connectivity index (χ1v) is 6.29. The number of ether oxygens (including phenoxy) is 2. The SMILES string of the molecule is COc1cccc(CO[C@@H]2CCCC[C@H]2N)c1. The van der Waals surface area contributed by atoms with E-state index in [1.165, 1.54) is 12.8 Å². The van der Waals surface area contributed by atoms with Crippen LogP contribution in [0.4, 0.5) is 0 Å². The molecular weight excluding hydrogens is 214 g/mol. The maximum atomic E-state index is 6.05. The third kappa shape index (κ3) is 3.45. The van der Waals surface area contributed by atoms with Crippen molar-refractivity contribution < 1.29 is 9.47 Å². The first-order valence-electron chi connectivity index (χ1n) is 6.29. The zero-order valence-corrected chi connectivity index (χ0v) is 10.4. The van der Waals surface area contributed by atoms with E-state index in [2.05, 4.69) is 6.07 Å². The van der Waals surface area contributed by atoms with Crippen LogP contribution in [-0.2, 0) is 11.3 Å². The minimum absolute atomic E-state index is 0.203. The molecule has 0 bridgehead atoms. The van der Waals surface area contributed by atoms with Gasteiger partial charge in [0.05, 0.1) is 19.8 Å². The molecule has 0 spiro atoms. The first kappa shape index (κ1) is 12.4. The minimum atomic E-state index is 0.203. The van der Waals surface area contributed by atoms with Crippen LogP contribution in [-0.4, -0.2) is 19.3 Å². The average molecular weight is 235 g/mol. The zero-order chi connectivity index (χ0) is 12.1. The fourth-order valence-corrected chi connectivity index (χ4v) is 2.30. The second-order valence-electron chi connectivity index (χ2n) is 4.65. The zero-order valence-electron chi connectivity index (χ0n) is 10.4. The Bertz CT molecular complexity index is 354. The lowest BCUT2D eigenvalue weighted by Crippen LogP contribution is -2.39. The van der Waals surface area contributed by atoms with Crippen molar-refractivity contribution in [3.8, 4) is 5.75 Å². The third-order valence-electron chi connectivity index (χ3n) is 3.35. The molecule has 1 fully saturated rings. The normalized spacial score (nSPS) is 24.6. The Balaban J connectivity index is 1.88. The van der Waals surface area contributed by atoms with Crippen LogP contribution in [0.5, 0.6) is 5.75 Å². The topological polar surface area (TPSA) is 44.5 Å². The summed E-state index contributed by atoms with van der Waals surface area (Å²) in [5, 5.41) is 0. The summed E-state index contributed by atoms with van der Waals surface area (Å²) in [5.41, 5.74) is 7.19. The second-order valence-corrected chi connectivity index (χ2v) is 4.65. The van der Waals surface area contributed by atoms with Crippen molar-refractivity contribution in [2.24, 2.45) is 5.73 Å². The van der Waals surface area contributed by atoms with E-state index in [0.29, 0.717) is 6.61 Å². The quantitative estimate of drug-likeness (QED) is 0.872. The highest BCUT2D eigenvalue weighted by Gasteiger charge is 2.22. The summed E-state index contributed by atoms with van der Waals surface area (Å²) >= 11 is 0. The Morgan fingerprint density at radius 2 is 2.12 bits per heavy atom. The van der Waals surface area contributed by atoms with Gasteiger partial charge in [0.15, 0.2) is 0 Å². The molecule has 2 atom stereocenters. The van der Waals surface area contributed by atoms with E-state index in [1.54, 1.807) is 7.11 Å². The molecule has 0 unspecified atom stereocenters. The van der Waals surface area contributed by atoms with Gasteiger partial charge in [-0.25, -0.2) is 0 Å². The number of hydrogen-bond donors (Lipinski definition) is 1. The molecule has 1 aliphatic rings. The third-order valence-corrected chi connectivity index (χ3v) is 3.35. The molecule has 0 aromatic heterocycles. The number of methoxy groups -OCH3 is 1. The van der Waals surface area contributed by atoms with Gasteiger partial charge in [-0.2, -0.15) is 0 Å². The molecular formula is C14H21NO2. The Morgan fingerprint density at radius 3 is 2.88 bits per heavy atom. The van der Waals surface area contributed by atoms with Crippen LogP contribution in [0.3, 0.4) is 0 Å². The maximum Gasteiger partial charge on any atom is 0.119 e. The van der Waals surface area contributed by atoms with Crippen LogP contribution in [0.25, 0.3) is 0 Å². The summed E-state index contributed by atoms with van der Waals surface area (Å²) in [6.07, 6.45) is 4.86. The molecule has 1 saturated carbocycles. The fraction of sp³-hybridized carbons (Fsp3) is 0.571. The standard InChI is InChI=1S/C14H21NO2/c1-16-12-6-4-5-11(9-12)10-17-14-8-3-2-7-13(14)15/h4-6,9,13-14H,2-3,7-8,10,15H2,1H3/t13-,14-/m1/s1. The predicted molar refractivity (Wildman–Crippen MR) is 68.0 cm³/mol. The lowest BCUT2D eigenvalue weighted by atomic mass is 9.93. The first-order chi connectivity index (χ1) is 8.29. The second kappa shape index (κ2) is 6.03. The fourth-order valence-electron chi connectivity index (χ4n) is 2.30. The monoisotopic (exact) mass is 235 g/mol. The number of nitrogens with two attached hydrogens (primary N) is 1. The van der Waals surface area contributed by atoms with Gasteiger partial charge in [0.25, 0.3) is 0 Å². The molecule has 17 heavy (non-hydrogen) atoms. The highest BCUT2D eigenvalue weighted by atomic mass is 16.5. The molecule has 3 nitrogen and oxygen atoms in total. The highest BCUT2D eigenvalue weighted by Crippen LogP contribution is 2.21. The van der Waals surface area contributed by atoms with Crippen LogP contribution in [0.2, 0.25) is 0 Å². The van der Waals surface area contributed by atoms with Crippen LogP contribution < -0.4 is 10.5 Å². The number of hydrogen-bond acceptors (Lipinski definition) is 3. The lowest BCUT2D eigenvalue weighted by molar-refractivity contribution is 0.00398. The Morgan fingerprint density at radius 1 is 1.29 bits per heavy atom. The molecule has 1 aliphatic carbocycles. The summed E-state index contributed by atoms with van der Waals surface area (Å²) in [7, 11) is 1.68. The highest BCUT2D eigenvalue weighted by molar-refractivity contribution is 5.27. The Kier molecular flexibility index (Phi) is 4.40. The van der Waals surface area contributed by atoms with Crippen LogP contribution in [0.15, 0.2) is 24.3 Å². The van der Waals surface area contributed by atoms with Gasteiger partial charge >= 0.3 is 0 Å².